The second-order valence-electron chi connectivity index (χ2n) is 6.84. The number of hydrogen-bond donors (Lipinski definition) is 2. The van der Waals surface area contributed by atoms with Gasteiger partial charge in [0, 0.05) is 30.9 Å². The molecule has 0 aliphatic carbocycles. The van der Waals surface area contributed by atoms with Gasteiger partial charge in [-0.2, -0.15) is 0 Å². The van der Waals surface area contributed by atoms with Crippen molar-refractivity contribution in [2.75, 3.05) is 6.54 Å². The number of amides is 1. The molecule has 1 unspecified atom stereocenters. The summed E-state index contributed by atoms with van der Waals surface area (Å²) in [6.45, 7) is 1.10. The number of Topliss-reactive ketones (excluding diaryl/α,β-unsaturated/α-hetero) is 1. The van der Waals surface area contributed by atoms with Crippen molar-refractivity contribution in [2.45, 2.75) is 19.0 Å². The van der Waals surface area contributed by atoms with Crippen LogP contribution in [-0.2, 0) is 16.1 Å². The van der Waals surface area contributed by atoms with Gasteiger partial charge in [0.15, 0.2) is 0 Å². The van der Waals surface area contributed by atoms with E-state index >= 15 is 0 Å². The van der Waals surface area contributed by atoms with E-state index in [0.29, 0.717) is 25.1 Å². The number of aliphatic hydroxyl groups is 1. The molecule has 0 spiro atoms. The Morgan fingerprint density at radius 3 is 2.59 bits per heavy atom. The summed E-state index contributed by atoms with van der Waals surface area (Å²) < 4.78 is 1.98. The molecule has 1 aromatic carbocycles. The van der Waals surface area contributed by atoms with E-state index in [1.54, 1.807) is 17.0 Å². The van der Waals surface area contributed by atoms with Crippen LogP contribution in [0.2, 0.25) is 0 Å². The van der Waals surface area contributed by atoms with Gasteiger partial charge in [-0.15, -0.1) is 0 Å². The van der Waals surface area contributed by atoms with Crippen LogP contribution >= 0.6 is 0 Å². The first-order valence-corrected chi connectivity index (χ1v) is 9.42. The third kappa shape index (κ3) is 3.67. The Morgan fingerprint density at radius 2 is 1.90 bits per heavy atom. The molecule has 0 bridgehead atoms. The minimum atomic E-state index is -0.664. The Balaban J connectivity index is 1.70. The molecule has 4 rings (SSSR count). The molecule has 1 fully saturated rings. The van der Waals surface area contributed by atoms with Crippen LogP contribution in [-0.4, -0.2) is 38.2 Å². The van der Waals surface area contributed by atoms with Crippen LogP contribution < -0.4 is 4.57 Å². The van der Waals surface area contributed by atoms with Crippen molar-refractivity contribution in [3.8, 4) is 0 Å². The van der Waals surface area contributed by atoms with Crippen LogP contribution in [0, 0.1) is 0 Å². The number of aliphatic hydroxyl groups excluding tert-OH is 1. The Hall–Kier alpha value is -3.74. The van der Waals surface area contributed by atoms with Gasteiger partial charge in [0.25, 0.3) is 11.7 Å². The third-order valence-corrected chi connectivity index (χ3v) is 5.03. The zero-order valence-corrected chi connectivity index (χ0v) is 15.7. The van der Waals surface area contributed by atoms with Gasteiger partial charge in [0.2, 0.25) is 6.33 Å². The Bertz CT molecular complexity index is 1030. The van der Waals surface area contributed by atoms with Gasteiger partial charge in [-0.3, -0.25) is 19.6 Å². The summed E-state index contributed by atoms with van der Waals surface area (Å²) in [6, 6.07) is 11.9. The summed E-state index contributed by atoms with van der Waals surface area (Å²) in [5.74, 6) is -1.43. The zero-order chi connectivity index (χ0) is 20.2. The number of benzene rings is 1. The van der Waals surface area contributed by atoms with Gasteiger partial charge in [-0.1, -0.05) is 30.3 Å². The van der Waals surface area contributed by atoms with Crippen LogP contribution in [0.4, 0.5) is 0 Å². The highest BCUT2D eigenvalue weighted by Crippen LogP contribution is 2.39. The molecule has 0 saturated carbocycles. The van der Waals surface area contributed by atoms with Crippen molar-refractivity contribution in [1.82, 2.24) is 14.9 Å². The highest BCUT2D eigenvalue weighted by molar-refractivity contribution is 6.46. The number of pyridine rings is 1. The van der Waals surface area contributed by atoms with E-state index in [4.69, 9.17) is 0 Å². The maximum Gasteiger partial charge on any atom is 0.295 e. The lowest BCUT2D eigenvalue weighted by Gasteiger charge is -2.25. The van der Waals surface area contributed by atoms with E-state index in [0.717, 1.165) is 5.56 Å². The molecule has 2 N–H and O–H groups in total. The van der Waals surface area contributed by atoms with Gasteiger partial charge in [-0.25, -0.2) is 4.57 Å². The SMILES string of the molecule is O=C1C(=O)N(CCC[n+]2cc[nH]c2)C(c2ccccc2)C1=C(O)c1ccncc1. The first kappa shape index (κ1) is 18.6. The zero-order valence-electron chi connectivity index (χ0n) is 15.7. The summed E-state index contributed by atoms with van der Waals surface area (Å²) in [7, 11) is 0. The molecular formula is C22H21N4O3+. The minimum Gasteiger partial charge on any atom is -0.507 e. The average molecular weight is 389 g/mol. The molecule has 1 aliphatic heterocycles. The number of likely N-dealkylation sites (tertiary alicyclic amines) is 1. The number of hydrogen-bond acceptors (Lipinski definition) is 4. The van der Waals surface area contributed by atoms with Crippen LogP contribution in [0.15, 0.2) is 79.2 Å². The molecule has 7 nitrogen and oxygen atoms in total. The Morgan fingerprint density at radius 1 is 1.14 bits per heavy atom. The maximum atomic E-state index is 12.9. The Labute approximate surface area is 168 Å². The number of nitrogens with one attached hydrogen (secondary N) is 1. The van der Waals surface area contributed by atoms with E-state index < -0.39 is 17.7 Å². The van der Waals surface area contributed by atoms with Crippen molar-refractivity contribution in [3.05, 3.63) is 90.3 Å². The molecule has 3 heterocycles. The monoisotopic (exact) mass is 389 g/mol. The lowest BCUT2D eigenvalue weighted by molar-refractivity contribution is -0.695. The number of carbonyl (C=O) groups excluding carboxylic acids is 2. The summed E-state index contributed by atoms with van der Waals surface area (Å²) in [6.07, 6.45) is 9.32. The summed E-state index contributed by atoms with van der Waals surface area (Å²) >= 11 is 0. The molecule has 3 aromatic rings. The summed E-state index contributed by atoms with van der Waals surface area (Å²) in [4.78, 5) is 34.2. The van der Waals surface area contributed by atoms with Gasteiger partial charge in [0.05, 0.1) is 18.2 Å². The minimum absolute atomic E-state index is 0.113. The average Bonchev–Trinajstić information content (AvgIpc) is 3.37. The van der Waals surface area contributed by atoms with E-state index in [1.807, 2.05) is 53.6 Å². The third-order valence-electron chi connectivity index (χ3n) is 5.03. The fourth-order valence-corrected chi connectivity index (χ4v) is 3.64. The van der Waals surface area contributed by atoms with Gasteiger partial charge >= 0.3 is 0 Å². The highest BCUT2D eigenvalue weighted by atomic mass is 16.3. The van der Waals surface area contributed by atoms with Gasteiger partial charge in [-0.05, 0) is 17.7 Å². The first-order chi connectivity index (χ1) is 14.2. The lowest BCUT2D eigenvalue weighted by atomic mass is 9.95. The fraction of sp³-hybridized carbons (Fsp3) is 0.182. The molecular weight excluding hydrogens is 368 g/mol. The smallest absolute Gasteiger partial charge is 0.295 e. The summed E-state index contributed by atoms with van der Waals surface area (Å²) in [5.41, 5.74) is 1.36. The van der Waals surface area contributed by atoms with E-state index in [-0.39, 0.29) is 11.3 Å². The largest absolute Gasteiger partial charge is 0.507 e. The second kappa shape index (κ2) is 8.10. The number of aromatic nitrogens is 3. The molecule has 146 valence electrons. The predicted molar refractivity (Wildman–Crippen MR) is 105 cm³/mol. The maximum absolute atomic E-state index is 12.9. The number of imidazole rings is 1. The van der Waals surface area contributed by atoms with Crippen LogP contribution in [0.5, 0.6) is 0 Å². The molecule has 29 heavy (non-hydrogen) atoms. The normalized spacial score (nSPS) is 18.3. The van der Waals surface area contributed by atoms with Crippen molar-refractivity contribution in [1.29, 1.82) is 0 Å². The topological polar surface area (TPSA) is 90.2 Å². The van der Waals surface area contributed by atoms with Gasteiger partial charge < -0.3 is 10.0 Å². The molecule has 0 radical (unpaired) electrons. The van der Waals surface area contributed by atoms with Gasteiger partial charge in [0.1, 0.15) is 18.2 Å². The molecule has 7 heteroatoms. The number of nitrogens with zero attached hydrogens (tertiary/aromatic N) is 3. The summed E-state index contributed by atoms with van der Waals surface area (Å²) in [5, 5.41) is 10.9. The first-order valence-electron chi connectivity index (χ1n) is 9.42. The number of aromatic amines is 1. The predicted octanol–water partition coefficient (Wildman–Crippen LogP) is 2.21. The Kier molecular flexibility index (Phi) is 5.20. The number of H-pyrrole nitrogens is 1. The van der Waals surface area contributed by atoms with Crippen molar-refractivity contribution in [2.24, 2.45) is 0 Å². The van der Waals surface area contributed by atoms with Crippen LogP contribution in [0.3, 0.4) is 0 Å². The van der Waals surface area contributed by atoms with Crippen LogP contribution in [0.1, 0.15) is 23.6 Å². The highest BCUT2D eigenvalue weighted by Gasteiger charge is 2.45. The van der Waals surface area contributed by atoms with Crippen molar-refractivity contribution < 1.29 is 19.3 Å². The number of rotatable bonds is 6. The number of aryl methyl sites for hydroxylation is 1. The second-order valence-corrected chi connectivity index (χ2v) is 6.84. The van der Waals surface area contributed by atoms with E-state index in [1.165, 1.54) is 12.4 Å². The lowest BCUT2D eigenvalue weighted by Crippen LogP contribution is -2.36. The fourth-order valence-electron chi connectivity index (χ4n) is 3.64. The molecule has 1 saturated heterocycles. The van der Waals surface area contributed by atoms with Crippen molar-refractivity contribution >= 4 is 17.4 Å². The van der Waals surface area contributed by atoms with Crippen LogP contribution in [0.25, 0.3) is 5.76 Å². The van der Waals surface area contributed by atoms with E-state index in [9.17, 15) is 14.7 Å². The number of ketones is 1. The molecule has 2 aromatic heterocycles. The molecule has 1 amide bonds. The molecule has 1 aliphatic rings. The van der Waals surface area contributed by atoms with Crippen molar-refractivity contribution in [3.63, 3.8) is 0 Å². The number of carbonyl (C=O) groups is 2. The molecule has 1 atom stereocenters. The van der Waals surface area contributed by atoms with E-state index in [2.05, 4.69) is 9.97 Å². The quantitative estimate of drug-likeness (QED) is 0.293. The standard InChI is InChI=1S/C22H20N4O3/c27-20(17-7-9-23-10-8-17)18-19(16-5-2-1-3-6-16)26(22(29)21(18)28)13-4-12-25-14-11-24-15-25/h1-3,5-11,14-15,19H,4,12-13H2,(H,27,28)/p+1.